The molecule has 0 aliphatic heterocycles. The third-order valence-corrected chi connectivity index (χ3v) is 5.49. The van der Waals surface area contributed by atoms with E-state index >= 15 is 0 Å². The van der Waals surface area contributed by atoms with Crippen LogP contribution in [0.15, 0.2) is 59.0 Å². The van der Waals surface area contributed by atoms with Gasteiger partial charge in [-0.2, -0.15) is 0 Å². The average molecular weight is 313 g/mol. The highest BCUT2D eigenvalue weighted by atomic mass is 16.3. The van der Waals surface area contributed by atoms with Gasteiger partial charge in [-0.1, -0.05) is 48.5 Å². The zero-order chi connectivity index (χ0) is 15.9. The highest BCUT2D eigenvalue weighted by molar-refractivity contribution is 5.80. The minimum absolute atomic E-state index is 1.07. The Kier molecular flexibility index (Phi) is 3.26. The van der Waals surface area contributed by atoms with Gasteiger partial charge in [-0.25, -0.2) is 4.42 Å². The highest BCUT2D eigenvalue weighted by Crippen LogP contribution is 2.43. The van der Waals surface area contributed by atoms with Crippen LogP contribution in [0.2, 0.25) is 0 Å². The summed E-state index contributed by atoms with van der Waals surface area (Å²) in [6.07, 6.45) is 6.93. The van der Waals surface area contributed by atoms with E-state index in [9.17, 15) is 0 Å². The predicted octanol–water partition coefficient (Wildman–Crippen LogP) is 5.87. The molecule has 0 N–H and O–H groups in total. The van der Waals surface area contributed by atoms with Crippen LogP contribution < -0.4 is 0 Å². The van der Waals surface area contributed by atoms with Crippen molar-refractivity contribution in [3.05, 3.63) is 77.0 Å². The largest absolute Gasteiger partial charge is 0.364 e. The molecule has 3 aromatic rings. The van der Waals surface area contributed by atoms with Crippen LogP contribution in [0.3, 0.4) is 0 Å². The van der Waals surface area contributed by atoms with Gasteiger partial charge in [0.2, 0.25) is 0 Å². The first-order valence-corrected chi connectivity index (χ1v) is 9.06. The van der Waals surface area contributed by atoms with E-state index in [0.717, 1.165) is 31.4 Å². The number of hydrogen-bond acceptors (Lipinski definition) is 0. The van der Waals surface area contributed by atoms with Gasteiger partial charge < -0.3 is 0 Å². The van der Waals surface area contributed by atoms with Gasteiger partial charge in [0.05, 0.1) is 23.1 Å². The maximum Gasteiger partial charge on any atom is 0.364 e. The summed E-state index contributed by atoms with van der Waals surface area (Å²) >= 11 is 0. The quantitative estimate of drug-likeness (QED) is 0.511. The number of hydrogen-bond donors (Lipinski definition) is 0. The van der Waals surface area contributed by atoms with E-state index in [1.807, 2.05) is 0 Å². The summed E-state index contributed by atoms with van der Waals surface area (Å²) < 4.78 is 6.51. The molecule has 0 atom stereocenters. The van der Waals surface area contributed by atoms with Crippen LogP contribution in [-0.2, 0) is 25.7 Å². The third-order valence-electron chi connectivity index (χ3n) is 5.49. The second kappa shape index (κ2) is 5.59. The van der Waals surface area contributed by atoms with Crippen molar-refractivity contribution in [2.45, 2.75) is 38.5 Å². The predicted molar refractivity (Wildman–Crippen MR) is 98.0 cm³/mol. The van der Waals surface area contributed by atoms with Crippen LogP contribution in [0.5, 0.6) is 0 Å². The molecule has 0 fully saturated rings. The van der Waals surface area contributed by atoms with Gasteiger partial charge in [0.25, 0.3) is 0 Å². The Morgan fingerprint density at radius 1 is 0.667 bits per heavy atom. The fraction of sp³-hybridized carbons (Fsp3) is 0.261. The highest BCUT2D eigenvalue weighted by Gasteiger charge is 2.35. The lowest BCUT2D eigenvalue weighted by molar-refractivity contribution is 0.459. The van der Waals surface area contributed by atoms with Gasteiger partial charge in [-0.05, 0) is 49.3 Å². The van der Waals surface area contributed by atoms with Crippen molar-refractivity contribution in [2.24, 2.45) is 0 Å². The lowest BCUT2D eigenvalue weighted by Gasteiger charge is -2.20. The molecule has 2 aliphatic carbocycles. The molecule has 0 saturated heterocycles. The van der Waals surface area contributed by atoms with Gasteiger partial charge in [-0.15, -0.1) is 0 Å². The maximum absolute atomic E-state index is 6.51. The smallest absolute Gasteiger partial charge is 0.212 e. The van der Waals surface area contributed by atoms with Gasteiger partial charge in [0.15, 0.2) is 0 Å². The Morgan fingerprint density at radius 3 is 2.38 bits per heavy atom. The van der Waals surface area contributed by atoms with Crippen molar-refractivity contribution in [1.82, 2.24) is 0 Å². The molecule has 1 heterocycles. The first-order chi connectivity index (χ1) is 11.9. The molecule has 0 spiro atoms. The minimum atomic E-state index is 1.07. The zero-order valence-electron chi connectivity index (χ0n) is 13.8. The summed E-state index contributed by atoms with van der Waals surface area (Å²) in [4.78, 5) is 0. The first kappa shape index (κ1) is 14.0. The molecule has 24 heavy (non-hydrogen) atoms. The van der Waals surface area contributed by atoms with E-state index in [1.165, 1.54) is 52.0 Å². The van der Waals surface area contributed by atoms with Crippen LogP contribution in [0, 0.1) is 0 Å². The van der Waals surface area contributed by atoms with E-state index in [4.69, 9.17) is 4.42 Å². The number of benzene rings is 2. The summed E-state index contributed by atoms with van der Waals surface area (Å²) in [5, 5.41) is 0. The molecule has 0 saturated carbocycles. The molecule has 1 nitrogen and oxygen atoms in total. The third kappa shape index (κ3) is 2.11. The number of rotatable bonds is 1. The van der Waals surface area contributed by atoms with Gasteiger partial charge >= 0.3 is 11.5 Å². The molecule has 1 heteroatoms. The minimum Gasteiger partial charge on any atom is -0.212 e. The van der Waals surface area contributed by atoms with Gasteiger partial charge in [0, 0.05) is 5.56 Å². The summed E-state index contributed by atoms with van der Waals surface area (Å²) in [7, 11) is 0. The Labute approximate surface area is 143 Å². The van der Waals surface area contributed by atoms with E-state index in [1.54, 1.807) is 0 Å². The summed E-state index contributed by atoms with van der Waals surface area (Å²) in [5.41, 5.74) is 8.40. The van der Waals surface area contributed by atoms with Crippen molar-refractivity contribution in [2.75, 3.05) is 0 Å². The lowest BCUT2D eigenvalue weighted by Crippen LogP contribution is -2.12. The molecular weight excluding hydrogens is 292 g/mol. The molecule has 0 unspecified atom stereocenters. The summed E-state index contributed by atoms with van der Waals surface area (Å²) in [5.74, 6) is 2.34. The molecule has 0 radical (unpaired) electrons. The standard InChI is InChI=1S/C23H21O/c1-2-9-17(10-3-1)22-19-12-6-7-13-21(19)24-23-18-11-5-4-8-16(18)14-15-20(22)23/h1-5,8-11H,6-7,12-15H2/q+1. The Balaban J connectivity index is 1.84. The normalized spacial score (nSPS) is 15.3. The van der Waals surface area contributed by atoms with E-state index in [0.29, 0.717) is 0 Å². The van der Waals surface area contributed by atoms with E-state index in [2.05, 4.69) is 54.6 Å². The molecule has 5 rings (SSSR count). The Morgan fingerprint density at radius 2 is 1.46 bits per heavy atom. The van der Waals surface area contributed by atoms with Crippen molar-refractivity contribution in [3.63, 3.8) is 0 Å². The van der Waals surface area contributed by atoms with Crippen LogP contribution in [0.4, 0.5) is 0 Å². The van der Waals surface area contributed by atoms with Gasteiger partial charge in [-0.3, -0.25) is 0 Å². The van der Waals surface area contributed by atoms with Crippen molar-refractivity contribution >= 4 is 0 Å². The Hall–Kier alpha value is -2.41. The second-order valence-corrected chi connectivity index (χ2v) is 6.92. The topological polar surface area (TPSA) is 11.3 Å². The maximum atomic E-state index is 6.51. The van der Waals surface area contributed by atoms with Crippen molar-refractivity contribution in [1.29, 1.82) is 0 Å². The van der Waals surface area contributed by atoms with Crippen LogP contribution in [-0.4, -0.2) is 0 Å². The van der Waals surface area contributed by atoms with Crippen molar-refractivity contribution in [3.8, 4) is 22.5 Å². The van der Waals surface area contributed by atoms with E-state index in [-0.39, 0.29) is 0 Å². The molecule has 2 aromatic carbocycles. The molecule has 0 bridgehead atoms. The Bertz CT molecular complexity index is 909. The lowest BCUT2D eigenvalue weighted by atomic mass is 9.81. The SMILES string of the molecule is c1ccc(-c2c3c([o+]c4c2CCc2ccccc2-4)CCCC3)cc1. The molecular formula is C23H21O+. The molecule has 2 aliphatic rings. The van der Waals surface area contributed by atoms with Gasteiger partial charge in [0.1, 0.15) is 0 Å². The summed E-state index contributed by atoms with van der Waals surface area (Å²) in [6, 6.07) is 19.7. The first-order valence-electron chi connectivity index (χ1n) is 9.06. The monoisotopic (exact) mass is 313 g/mol. The fourth-order valence-corrected chi connectivity index (χ4v) is 4.36. The summed E-state index contributed by atoms with van der Waals surface area (Å²) in [6.45, 7) is 0. The number of aryl methyl sites for hydroxylation is 2. The zero-order valence-corrected chi connectivity index (χ0v) is 13.8. The van der Waals surface area contributed by atoms with Crippen LogP contribution in [0.25, 0.3) is 22.5 Å². The average Bonchev–Trinajstić information content (AvgIpc) is 2.67. The van der Waals surface area contributed by atoms with Crippen LogP contribution in [0.1, 0.15) is 35.3 Å². The second-order valence-electron chi connectivity index (χ2n) is 6.92. The number of fused-ring (bicyclic) bond motifs is 4. The van der Waals surface area contributed by atoms with Crippen molar-refractivity contribution < 1.29 is 4.42 Å². The molecule has 118 valence electrons. The molecule has 1 aromatic heterocycles. The fourth-order valence-electron chi connectivity index (χ4n) is 4.36. The molecule has 0 amide bonds. The van der Waals surface area contributed by atoms with Crippen LogP contribution >= 0.6 is 0 Å². The van der Waals surface area contributed by atoms with E-state index < -0.39 is 0 Å².